The summed E-state index contributed by atoms with van der Waals surface area (Å²) in [5, 5.41) is 6.75. The fraction of sp³-hybridized carbons (Fsp3) is 0.833. The van der Waals surface area contributed by atoms with E-state index in [1.165, 1.54) is 12.8 Å². The van der Waals surface area contributed by atoms with Crippen LogP contribution in [0.25, 0.3) is 0 Å². The van der Waals surface area contributed by atoms with Crippen molar-refractivity contribution in [1.82, 2.24) is 10.6 Å². The molecular formula is C6H12N2S. The molecule has 0 radical (unpaired) electrons. The highest BCUT2D eigenvalue weighted by molar-refractivity contribution is 7.80. The van der Waals surface area contributed by atoms with Gasteiger partial charge in [0.2, 0.25) is 0 Å². The van der Waals surface area contributed by atoms with E-state index in [1.807, 2.05) is 7.05 Å². The molecule has 3 heteroatoms. The van der Waals surface area contributed by atoms with Crippen molar-refractivity contribution in [3.63, 3.8) is 0 Å². The Balaban J connectivity index is 1.96. The molecule has 1 saturated carbocycles. The average Bonchev–Trinajstić information content (AvgIpc) is 2.65. The quantitative estimate of drug-likeness (QED) is 0.552. The van der Waals surface area contributed by atoms with Crippen LogP contribution >= 0.6 is 12.2 Å². The lowest BCUT2D eigenvalue weighted by Gasteiger charge is -2.03. The Hall–Kier alpha value is -0.310. The molecule has 0 spiro atoms. The van der Waals surface area contributed by atoms with Crippen molar-refractivity contribution >= 4 is 17.3 Å². The van der Waals surface area contributed by atoms with Crippen LogP contribution in [0.2, 0.25) is 0 Å². The normalized spacial score (nSPS) is 17.0. The Morgan fingerprint density at radius 3 is 2.78 bits per heavy atom. The number of nitrogens with one attached hydrogen (secondary N) is 2. The Bertz CT molecular complexity index is 110. The van der Waals surface area contributed by atoms with Gasteiger partial charge in [-0.1, -0.05) is 0 Å². The molecule has 0 atom stereocenters. The summed E-state index contributed by atoms with van der Waals surface area (Å²) in [5.41, 5.74) is 0. The molecule has 0 unspecified atom stereocenters. The van der Waals surface area contributed by atoms with Crippen LogP contribution in [0.15, 0.2) is 0 Å². The molecule has 1 rings (SSSR count). The van der Waals surface area contributed by atoms with Gasteiger partial charge in [-0.2, -0.15) is 0 Å². The first kappa shape index (κ1) is 6.81. The molecule has 1 fully saturated rings. The predicted molar refractivity (Wildman–Crippen MR) is 42.4 cm³/mol. The number of hydrogen-bond donors (Lipinski definition) is 2. The SMILES string of the molecule is CNC(=S)NCC1CC1. The molecule has 0 aromatic rings. The fourth-order valence-corrected chi connectivity index (χ4v) is 0.731. The molecule has 52 valence electrons. The first-order chi connectivity index (χ1) is 4.33. The standard InChI is InChI=1S/C6H12N2S/c1-7-6(9)8-4-5-2-3-5/h5H,2-4H2,1H3,(H2,7,8,9). The smallest absolute Gasteiger partial charge is 0.166 e. The van der Waals surface area contributed by atoms with Gasteiger partial charge in [-0.05, 0) is 31.0 Å². The van der Waals surface area contributed by atoms with E-state index in [-0.39, 0.29) is 0 Å². The molecule has 2 nitrogen and oxygen atoms in total. The van der Waals surface area contributed by atoms with E-state index in [1.54, 1.807) is 0 Å². The minimum absolute atomic E-state index is 0.766. The summed E-state index contributed by atoms with van der Waals surface area (Å²) in [5.74, 6) is 0.899. The van der Waals surface area contributed by atoms with Gasteiger partial charge in [0, 0.05) is 13.6 Å². The van der Waals surface area contributed by atoms with E-state index in [0.717, 1.165) is 17.6 Å². The number of thiocarbonyl (C=S) groups is 1. The van der Waals surface area contributed by atoms with Crippen LogP contribution in [0.1, 0.15) is 12.8 Å². The maximum atomic E-state index is 4.88. The van der Waals surface area contributed by atoms with Crippen molar-refractivity contribution in [1.29, 1.82) is 0 Å². The highest BCUT2D eigenvalue weighted by Gasteiger charge is 2.20. The van der Waals surface area contributed by atoms with Gasteiger partial charge in [-0.15, -0.1) is 0 Å². The predicted octanol–water partition coefficient (Wildman–Crippen LogP) is 0.490. The Morgan fingerprint density at radius 1 is 1.67 bits per heavy atom. The minimum atomic E-state index is 0.766. The first-order valence-electron chi connectivity index (χ1n) is 3.28. The van der Waals surface area contributed by atoms with Gasteiger partial charge >= 0.3 is 0 Å². The van der Waals surface area contributed by atoms with Crippen molar-refractivity contribution in [2.24, 2.45) is 5.92 Å². The summed E-state index contributed by atoms with van der Waals surface area (Å²) in [6.07, 6.45) is 2.75. The maximum Gasteiger partial charge on any atom is 0.166 e. The second-order valence-electron chi connectivity index (χ2n) is 2.40. The van der Waals surface area contributed by atoms with Gasteiger partial charge in [0.05, 0.1) is 0 Å². The van der Waals surface area contributed by atoms with Gasteiger partial charge in [-0.25, -0.2) is 0 Å². The zero-order valence-corrected chi connectivity index (χ0v) is 6.42. The Morgan fingerprint density at radius 2 is 2.33 bits per heavy atom. The van der Waals surface area contributed by atoms with Crippen LogP contribution in [-0.4, -0.2) is 18.7 Å². The van der Waals surface area contributed by atoms with E-state index in [9.17, 15) is 0 Å². The lowest BCUT2D eigenvalue weighted by Crippen LogP contribution is -2.33. The molecule has 2 N–H and O–H groups in total. The van der Waals surface area contributed by atoms with Gasteiger partial charge in [-0.3, -0.25) is 0 Å². The van der Waals surface area contributed by atoms with E-state index >= 15 is 0 Å². The third kappa shape index (κ3) is 2.65. The Kier molecular flexibility index (Phi) is 2.28. The summed E-state index contributed by atoms with van der Waals surface area (Å²) in [7, 11) is 1.84. The van der Waals surface area contributed by atoms with Gasteiger partial charge in [0.25, 0.3) is 0 Å². The third-order valence-corrected chi connectivity index (χ3v) is 1.82. The van der Waals surface area contributed by atoms with Gasteiger partial charge in [0.1, 0.15) is 0 Å². The largest absolute Gasteiger partial charge is 0.366 e. The summed E-state index contributed by atoms with van der Waals surface area (Å²) in [4.78, 5) is 0. The summed E-state index contributed by atoms with van der Waals surface area (Å²) >= 11 is 4.88. The molecular weight excluding hydrogens is 132 g/mol. The monoisotopic (exact) mass is 144 g/mol. The molecule has 9 heavy (non-hydrogen) atoms. The second-order valence-corrected chi connectivity index (χ2v) is 2.81. The van der Waals surface area contributed by atoms with Crippen LogP contribution in [-0.2, 0) is 0 Å². The van der Waals surface area contributed by atoms with Crippen LogP contribution in [0, 0.1) is 5.92 Å². The molecule has 1 aliphatic rings. The lowest BCUT2D eigenvalue weighted by molar-refractivity contribution is 0.765. The van der Waals surface area contributed by atoms with Crippen LogP contribution in [0.5, 0.6) is 0 Å². The lowest BCUT2D eigenvalue weighted by atomic mass is 10.4. The van der Waals surface area contributed by atoms with Crippen LogP contribution < -0.4 is 10.6 Å². The van der Waals surface area contributed by atoms with Crippen molar-refractivity contribution in [2.45, 2.75) is 12.8 Å². The molecule has 0 heterocycles. The van der Waals surface area contributed by atoms with Crippen molar-refractivity contribution in [3.05, 3.63) is 0 Å². The van der Waals surface area contributed by atoms with Crippen molar-refractivity contribution in [3.8, 4) is 0 Å². The molecule has 0 aliphatic heterocycles. The average molecular weight is 144 g/mol. The molecule has 0 aromatic heterocycles. The summed E-state index contributed by atoms with van der Waals surface area (Å²) in [6, 6.07) is 0. The number of rotatable bonds is 2. The molecule has 0 bridgehead atoms. The Labute approximate surface area is 61.0 Å². The third-order valence-electron chi connectivity index (χ3n) is 1.48. The van der Waals surface area contributed by atoms with E-state index < -0.39 is 0 Å². The zero-order chi connectivity index (χ0) is 6.69. The van der Waals surface area contributed by atoms with Gasteiger partial charge < -0.3 is 10.6 Å². The van der Waals surface area contributed by atoms with E-state index in [2.05, 4.69) is 10.6 Å². The van der Waals surface area contributed by atoms with E-state index in [0.29, 0.717) is 0 Å². The maximum absolute atomic E-state index is 4.88. The van der Waals surface area contributed by atoms with Crippen molar-refractivity contribution < 1.29 is 0 Å². The highest BCUT2D eigenvalue weighted by Crippen LogP contribution is 2.27. The van der Waals surface area contributed by atoms with Gasteiger partial charge in [0.15, 0.2) is 5.11 Å². The molecule has 1 aliphatic carbocycles. The summed E-state index contributed by atoms with van der Waals surface area (Å²) in [6.45, 7) is 1.06. The van der Waals surface area contributed by atoms with E-state index in [4.69, 9.17) is 12.2 Å². The molecule has 0 amide bonds. The van der Waals surface area contributed by atoms with Crippen LogP contribution in [0.3, 0.4) is 0 Å². The first-order valence-corrected chi connectivity index (χ1v) is 3.69. The minimum Gasteiger partial charge on any atom is -0.366 e. The molecule has 0 aromatic carbocycles. The highest BCUT2D eigenvalue weighted by atomic mass is 32.1. The molecule has 0 saturated heterocycles. The van der Waals surface area contributed by atoms with Crippen LogP contribution in [0.4, 0.5) is 0 Å². The second kappa shape index (κ2) is 3.01. The topological polar surface area (TPSA) is 24.1 Å². The summed E-state index contributed by atoms with van der Waals surface area (Å²) < 4.78 is 0. The fourth-order valence-electron chi connectivity index (χ4n) is 0.647. The number of hydrogen-bond acceptors (Lipinski definition) is 1. The van der Waals surface area contributed by atoms with Crippen molar-refractivity contribution in [2.75, 3.05) is 13.6 Å². The zero-order valence-electron chi connectivity index (χ0n) is 5.61.